The molecule has 0 aliphatic rings. The van der Waals surface area contributed by atoms with Crippen LogP contribution in [-0.4, -0.2) is 10.9 Å². The highest BCUT2D eigenvalue weighted by molar-refractivity contribution is 6.44. The highest BCUT2D eigenvalue weighted by Crippen LogP contribution is 2.30. The molecule has 3 nitrogen and oxygen atoms in total. The molecule has 0 fully saturated rings. The fraction of sp³-hybridized carbons (Fsp3) is 0. The van der Waals surface area contributed by atoms with Crippen LogP contribution in [0.25, 0.3) is 0 Å². The Morgan fingerprint density at radius 3 is 2.44 bits per heavy atom. The first kappa shape index (κ1) is 13.6. The SMILES string of the molecule is O=C(Nc1cccc(Cl)c1Cl)c1cc(Cl)c(Cl)[nH]1. The molecule has 1 aromatic heterocycles. The van der Waals surface area contributed by atoms with E-state index in [1.54, 1.807) is 18.2 Å². The van der Waals surface area contributed by atoms with Gasteiger partial charge in [0.25, 0.3) is 5.91 Å². The first-order valence-electron chi connectivity index (χ1n) is 4.78. The standard InChI is InChI=1S/C11H6Cl4N2O/c12-5-2-1-3-7(9(5)14)17-11(18)8-4-6(13)10(15)16-8/h1-4,16H,(H,17,18). The number of aromatic amines is 1. The molecule has 2 aromatic rings. The van der Waals surface area contributed by atoms with E-state index in [9.17, 15) is 4.79 Å². The number of anilines is 1. The predicted molar refractivity (Wildman–Crippen MR) is 75.2 cm³/mol. The highest BCUT2D eigenvalue weighted by Gasteiger charge is 2.13. The average Bonchev–Trinajstić information content (AvgIpc) is 2.66. The van der Waals surface area contributed by atoms with Crippen LogP contribution in [0.15, 0.2) is 24.3 Å². The molecule has 0 bridgehead atoms. The molecular weight excluding hydrogens is 318 g/mol. The normalized spacial score (nSPS) is 10.4. The van der Waals surface area contributed by atoms with E-state index >= 15 is 0 Å². The summed E-state index contributed by atoms with van der Waals surface area (Å²) < 4.78 is 0. The summed E-state index contributed by atoms with van der Waals surface area (Å²) in [5.74, 6) is -0.409. The van der Waals surface area contributed by atoms with Gasteiger partial charge in [-0.15, -0.1) is 0 Å². The largest absolute Gasteiger partial charge is 0.340 e. The smallest absolute Gasteiger partial charge is 0.272 e. The number of hydrogen-bond acceptors (Lipinski definition) is 1. The molecule has 0 saturated carbocycles. The third-order valence-corrected chi connectivity index (χ3v) is 3.68. The highest BCUT2D eigenvalue weighted by atomic mass is 35.5. The summed E-state index contributed by atoms with van der Waals surface area (Å²) >= 11 is 23.3. The number of aromatic nitrogens is 1. The van der Waals surface area contributed by atoms with Gasteiger partial charge in [-0.1, -0.05) is 52.5 Å². The van der Waals surface area contributed by atoms with Crippen LogP contribution in [0, 0.1) is 0 Å². The van der Waals surface area contributed by atoms with Gasteiger partial charge < -0.3 is 10.3 Å². The van der Waals surface area contributed by atoms with Crippen molar-refractivity contribution in [3.8, 4) is 0 Å². The molecule has 1 heterocycles. The number of halogens is 4. The summed E-state index contributed by atoms with van der Waals surface area (Å²) in [4.78, 5) is 14.5. The Morgan fingerprint density at radius 2 is 1.83 bits per heavy atom. The van der Waals surface area contributed by atoms with Crippen LogP contribution in [-0.2, 0) is 0 Å². The van der Waals surface area contributed by atoms with Gasteiger partial charge in [0.1, 0.15) is 10.8 Å². The monoisotopic (exact) mass is 322 g/mol. The van der Waals surface area contributed by atoms with Crippen molar-refractivity contribution >= 4 is 58.0 Å². The predicted octanol–water partition coefficient (Wildman–Crippen LogP) is 4.88. The lowest BCUT2D eigenvalue weighted by atomic mass is 10.3. The van der Waals surface area contributed by atoms with Gasteiger partial charge in [-0.25, -0.2) is 0 Å². The zero-order valence-corrected chi connectivity index (χ0v) is 11.8. The minimum atomic E-state index is -0.409. The quantitative estimate of drug-likeness (QED) is 0.812. The van der Waals surface area contributed by atoms with Crippen molar-refractivity contribution in [3.63, 3.8) is 0 Å². The number of rotatable bonds is 2. The van der Waals surface area contributed by atoms with E-state index in [1.165, 1.54) is 6.07 Å². The Morgan fingerprint density at radius 1 is 1.11 bits per heavy atom. The topological polar surface area (TPSA) is 44.9 Å². The number of H-pyrrole nitrogens is 1. The van der Waals surface area contributed by atoms with E-state index in [2.05, 4.69) is 10.3 Å². The first-order chi connectivity index (χ1) is 8.49. The molecule has 1 amide bonds. The molecule has 0 radical (unpaired) electrons. The molecule has 2 N–H and O–H groups in total. The van der Waals surface area contributed by atoms with E-state index in [-0.39, 0.29) is 20.9 Å². The Kier molecular flexibility index (Phi) is 4.07. The molecule has 1 aromatic carbocycles. The fourth-order valence-corrected chi connectivity index (χ4v) is 1.98. The summed E-state index contributed by atoms with van der Waals surface area (Å²) in [6, 6.07) is 6.37. The lowest BCUT2D eigenvalue weighted by Gasteiger charge is -2.06. The van der Waals surface area contributed by atoms with Crippen molar-refractivity contribution in [1.29, 1.82) is 0 Å². The Hall–Kier alpha value is -0.870. The summed E-state index contributed by atoms with van der Waals surface area (Å²) in [7, 11) is 0. The fourth-order valence-electron chi connectivity index (χ4n) is 1.32. The second-order valence-electron chi connectivity index (χ2n) is 3.40. The minimum absolute atomic E-state index is 0.207. The molecule has 0 saturated heterocycles. The summed E-state index contributed by atoms with van der Waals surface area (Å²) in [6.45, 7) is 0. The van der Waals surface area contributed by atoms with Crippen molar-refractivity contribution in [2.75, 3.05) is 5.32 Å². The van der Waals surface area contributed by atoms with E-state index < -0.39 is 5.91 Å². The number of carbonyl (C=O) groups excluding carboxylic acids is 1. The molecule has 0 spiro atoms. The van der Waals surface area contributed by atoms with E-state index in [0.717, 1.165) is 0 Å². The average molecular weight is 324 g/mol. The van der Waals surface area contributed by atoms with Crippen molar-refractivity contribution in [1.82, 2.24) is 4.98 Å². The second-order valence-corrected chi connectivity index (χ2v) is 4.97. The Balaban J connectivity index is 2.24. The molecule has 94 valence electrons. The number of nitrogens with one attached hydrogen (secondary N) is 2. The van der Waals surface area contributed by atoms with Crippen LogP contribution >= 0.6 is 46.4 Å². The van der Waals surface area contributed by atoms with Crippen molar-refractivity contribution in [3.05, 3.63) is 50.2 Å². The minimum Gasteiger partial charge on any atom is -0.340 e. The lowest BCUT2D eigenvalue weighted by molar-refractivity contribution is 0.102. The van der Waals surface area contributed by atoms with Gasteiger partial charge in [0.15, 0.2) is 0 Å². The molecule has 0 unspecified atom stereocenters. The van der Waals surface area contributed by atoms with Crippen molar-refractivity contribution in [2.45, 2.75) is 0 Å². The van der Waals surface area contributed by atoms with E-state index in [4.69, 9.17) is 46.4 Å². The number of carbonyl (C=O) groups is 1. The van der Waals surface area contributed by atoms with Crippen LogP contribution in [0.2, 0.25) is 20.2 Å². The number of hydrogen-bond donors (Lipinski definition) is 2. The Bertz CT molecular complexity index is 590. The van der Waals surface area contributed by atoms with Gasteiger partial charge in [-0.3, -0.25) is 4.79 Å². The zero-order chi connectivity index (χ0) is 13.3. The van der Waals surface area contributed by atoms with Crippen LogP contribution in [0.5, 0.6) is 0 Å². The third kappa shape index (κ3) is 2.75. The number of amides is 1. The van der Waals surface area contributed by atoms with Gasteiger partial charge in [-0.05, 0) is 18.2 Å². The molecule has 0 atom stereocenters. The van der Waals surface area contributed by atoms with Gasteiger partial charge in [0.2, 0.25) is 0 Å². The molecule has 18 heavy (non-hydrogen) atoms. The summed E-state index contributed by atoms with van der Waals surface area (Å²) in [5, 5.41) is 3.72. The van der Waals surface area contributed by atoms with Gasteiger partial charge in [0, 0.05) is 0 Å². The Labute approximate surface area is 123 Å². The van der Waals surface area contributed by atoms with Gasteiger partial charge in [-0.2, -0.15) is 0 Å². The van der Waals surface area contributed by atoms with Crippen LogP contribution in [0.3, 0.4) is 0 Å². The molecular formula is C11H6Cl4N2O. The molecule has 2 rings (SSSR count). The maximum Gasteiger partial charge on any atom is 0.272 e. The maximum absolute atomic E-state index is 11.9. The molecule has 0 aliphatic carbocycles. The van der Waals surface area contributed by atoms with Crippen LogP contribution < -0.4 is 5.32 Å². The zero-order valence-electron chi connectivity index (χ0n) is 8.73. The van der Waals surface area contributed by atoms with E-state index in [0.29, 0.717) is 10.7 Å². The lowest BCUT2D eigenvalue weighted by Crippen LogP contribution is -2.12. The molecule has 0 aliphatic heterocycles. The van der Waals surface area contributed by atoms with Crippen molar-refractivity contribution < 1.29 is 4.79 Å². The van der Waals surface area contributed by atoms with Crippen molar-refractivity contribution in [2.24, 2.45) is 0 Å². The van der Waals surface area contributed by atoms with Gasteiger partial charge >= 0.3 is 0 Å². The third-order valence-electron chi connectivity index (χ3n) is 2.17. The van der Waals surface area contributed by atoms with Gasteiger partial charge in [0.05, 0.1) is 20.8 Å². The maximum atomic E-state index is 11.9. The summed E-state index contributed by atoms with van der Waals surface area (Å²) in [5.41, 5.74) is 0.650. The van der Waals surface area contributed by atoms with Crippen LogP contribution in [0.1, 0.15) is 10.5 Å². The number of benzene rings is 1. The second kappa shape index (κ2) is 5.41. The molecule has 7 heteroatoms. The summed E-state index contributed by atoms with van der Waals surface area (Å²) in [6.07, 6.45) is 0. The first-order valence-corrected chi connectivity index (χ1v) is 6.29. The van der Waals surface area contributed by atoms with E-state index in [1.807, 2.05) is 0 Å². The van der Waals surface area contributed by atoms with Crippen LogP contribution in [0.4, 0.5) is 5.69 Å².